The molecule has 126 valence electrons. The van der Waals surface area contributed by atoms with Crippen molar-refractivity contribution in [3.8, 4) is 6.07 Å². The summed E-state index contributed by atoms with van der Waals surface area (Å²) < 4.78 is 6.39. The Morgan fingerprint density at radius 2 is 2.25 bits per heavy atom. The van der Waals surface area contributed by atoms with Crippen LogP contribution in [0, 0.1) is 18.3 Å². The molecular formula is C21H26N2O. The Kier molecular flexibility index (Phi) is 4.38. The second-order valence-corrected chi connectivity index (χ2v) is 7.32. The average molecular weight is 322 g/mol. The number of fused-ring (bicyclic) bond motifs is 2. The molecule has 0 aliphatic carbocycles. The first-order valence-corrected chi connectivity index (χ1v) is 8.62. The molecule has 2 aliphatic rings. The topological polar surface area (TPSA) is 36.3 Å². The van der Waals surface area contributed by atoms with E-state index in [0.29, 0.717) is 6.04 Å². The summed E-state index contributed by atoms with van der Waals surface area (Å²) in [7, 11) is 0. The van der Waals surface area contributed by atoms with E-state index in [1.54, 1.807) is 0 Å². The Labute approximate surface area is 145 Å². The maximum atomic E-state index is 9.58. The SMILES string of the molecule is C=CCN1[C@@H](C)CC2(C[C@H]1C(=C)C)OC(C#N)c1cc(C)ccc12. The molecule has 2 unspecified atom stereocenters. The van der Waals surface area contributed by atoms with Gasteiger partial charge < -0.3 is 4.74 Å². The zero-order valence-corrected chi connectivity index (χ0v) is 14.9. The van der Waals surface area contributed by atoms with Crippen LogP contribution < -0.4 is 0 Å². The van der Waals surface area contributed by atoms with Crippen molar-refractivity contribution < 1.29 is 4.74 Å². The molecule has 0 aromatic heterocycles. The Balaban J connectivity index is 2.05. The fourth-order valence-electron chi connectivity index (χ4n) is 4.41. The molecule has 24 heavy (non-hydrogen) atoms. The van der Waals surface area contributed by atoms with Gasteiger partial charge in [0.1, 0.15) is 0 Å². The van der Waals surface area contributed by atoms with E-state index in [4.69, 9.17) is 4.74 Å². The number of rotatable bonds is 3. The number of benzene rings is 1. The zero-order chi connectivity index (χ0) is 17.5. The summed E-state index contributed by atoms with van der Waals surface area (Å²) in [6.07, 6.45) is 3.21. The molecule has 0 saturated carbocycles. The third-order valence-electron chi connectivity index (χ3n) is 5.46. The van der Waals surface area contributed by atoms with Gasteiger partial charge in [0.25, 0.3) is 0 Å². The van der Waals surface area contributed by atoms with Gasteiger partial charge in [-0.3, -0.25) is 4.90 Å². The molecule has 2 heterocycles. The minimum atomic E-state index is -0.469. The number of nitrogens with zero attached hydrogens (tertiary/aromatic N) is 2. The molecule has 0 radical (unpaired) electrons. The number of nitriles is 1. The van der Waals surface area contributed by atoms with Crippen LogP contribution in [-0.4, -0.2) is 23.5 Å². The van der Waals surface area contributed by atoms with E-state index in [1.165, 1.54) is 11.1 Å². The fraction of sp³-hybridized carbons (Fsp3) is 0.476. The van der Waals surface area contributed by atoms with E-state index in [1.807, 2.05) is 6.08 Å². The zero-order valence-electron chi connectivity index (χ0n) is 14.9. The Bertz CT molecular complexity index is 717. The molecule has 1 fully saturated rings. The van der Waals surface area contributed by atoms with Crippen LogP contribution in [-0.2, 0) is 10.3 Å². The molecule has 1 aromatic carbocycles. The van der Waals surface area contributed by atoms with Gasteiger partial charge in [0.2, 0.25) is 0 Å². The van der Waals surface area contributed by atoms with Crippen LogP contribution in [0.4, 0.5) is 0 Å². The number of piperidine rings is 1. The maximum absolute atomic E-state index is 9.58. The summed E-state index contributed by atoms with van der Waals surface area (Å²) >= 11 is 0. The summed E-state index contributed by atoms with van der Waals surface area (Å²) in [6, 6.07) is 9.30. The van der Waals surface area contributed by atoms with E-state index >= 15 is 0 Å². The molecule has 0 bridgehead atoms. The number of likely N-dealkylation sites (tertiary alicyclic amines) is 1. The predicted octanol–water partition coefficient (Wildman–Crippen LogP) is 4.40. The van der Waals surface area contributed by atoms with E-state index in [2.05, 4.69) is 63.1 Å². The Morgan fingerprint density at radius 3 is 2.88 bits per heavy atom. The van der Waals surface area contributed by atoms with Gasteiger partial charge in [-0.2, -0.15) is 5.26 Å². The monoisotopic (exact) mass is 322 g/mol. The lowest BCUT2D eigenvalue weighted by atomic mass is 9.75. The Hall–Kier alpha value is -1.89. The van der Waals surface area contributed by atoms with Crippen LogP contribution in [0.15, 0.2) is 43.0 Å². The molecule has 3 nitrogen and oxygen atoms in total. The highest BCUT2D eigenvalue weighted by Crippen LogP contribution is 2.52. The average Bonchev–Trinajstić information content (AvgIpc) is 2.82. The molecule has 3 rings (SSSR count). The normalized spacial score (nSPS) is 32.3. The van der Waals surface area contributed by atoms with Crippen LogP contribution >= 0.6 is 0 Å². The highest BCUT2D eigenvalue weighted by Gasteiger charge is 2.51. The highest BCUT2D eigenvalue weighted by atomic mass is 16.5. The van der Waals surface area contributed by atoms with Crippen LogP contribution in [0.1, 0.15) is 49.5 Å². The van der Waals surface area contributed by atoms with E-state index in [0.717, 1.165) is 30.5 Å². The lowest BCUT2D eigenvalue weighted by Gasteiger charge is -2.49. The summed E-state index contributed by atoms with van der Waals surface area (Å²) in [5, 5.41) is 9.58. The molecule has 3 heteroatoms. The summed E-state index contributed by atoms with van der Waals surface area (Å²) in [5.41, 5.74) is 4.16. The van der Waals surface area contributed by atoms with Gasteiger partial charge in [-0.1, -0.05) is 42.0 Å². The largest absolute Gasteiger partial charge is 0.347 e. The molecule has 4 atom stereocenters. The third kappa shape index (κ3) is 2.60. The first-order valence-electron chi connectivity index (χ1n) is 8.62. The predicted molar refractivity (Wildman–Crippen MR) is 96.5 cm³/mol. The summed E-state index contributed by atoms with van der Waals surface area (Å²) in [5.74, 6) is 0. The van der Waals surface area contributed by atoms with E-state index < -0.39 is 6.10 Å². The van der Waals surface area contributed by atoms with Crippen LogP contribution in [0.3, 0.4) is 0 Å². The van der Waals surface area contributed by atoms with Gasteiger partial charge in [-0.05, 0) is 32.8 Å². The standard InChI is InChI=1S/C21H26N2O/c1-6-9-23-16(5)11-21(12-19(23)14(2)3)18-8-7-15(4)10-17(18)20(13-22)24-21/h6-8,10,16,19-20H,1-2,9,11-12H2,3-5H3/t16-,19-,20?,21?/m0/s1. The van der Waals surface area contributed by atoms with Gasteiger partial charge in [0.15, 0.2) is 6.10 Å². The van der Waals surface area contributed by atoms with Gasteiger partial charge in [-0.15, -0.1) is 6.58 Å². The first-order chi connectivity index (χ1) is 11.4. The van der Waals surface area contributed by atoms with Gasteiger partial charge >= 0.3 is 0 Å². The smallest absolute Gasteiger partial charge is 0.170 e. The molecule has 1 spiro atoms. The van der Waals surface area contributed by atoms with E-state index in [9.17, 15) is 5.26 Å². The second-order valence-electron chi connectivity index (χ2n) is 7.32. The molecule has 2 aliphatic heterocycles. The van der Waals surface area contributed by atoms with E-state index in [-0.39, 0.29) is 11.6 Å². The number of hydrogen-bond acceptors (Lipinski definition) is 3. The minimum Gasteiger partial charge on any atom is -0.347 e. The maximum Gasteiger partial charge on any atom is 0.170 e. The fourth-order valence-corrected chi connectivity index (χ4v) is 4.41. The van der Waals surface area contributed by atoms with Crippen LogP contribution in [0.25, 0.3) is 0 Å². The van der Waals surface area contributed by atoms with Crippen molar-refractivity contribution in [3.05, 3.63) is 59.7 Å². The van der Waals surface area contributed by atoms with Crippen LogP contribution in [0.5, 0.6) is 0 Å². The summed E-state index contributed by atoms with van der Waals surface area (Å²) in [4.78, 5) is 2.44. The van der Waals surface area contributed by atoms with Crippen molar-refractivity contribution in [1.82, 2.24) is 4.90 Å². The van der Waals surface area contributed by atoms with Crippen molar-refractivity contribution in [3.63, 3.8) is 0 Å². The third-order valence-corrected chi connectivity index (χ3v) is 5.46. The molecule has 1 aromatic rings. The van der Waals surface area contributed by atoms with Gasteiger partial charge in [-0.25, -0.2) is 0 Å². The van der Waals surface area contributed by atoms with Gasteiger partial charge in [0, 0.05) is 30.6 Å². The summed E-state index contributed by atoms with van der Waals surface area (Å²) in [6.45, 7) is 15.3. The second kappa shape index (κ2) is 6.20. The van der Waals surface area contributed by atoms with Crippen molar-refractivity contribution in [1.29, 1.82) is 5.26 Å². The van der Waals surface area contributed by atoms with Crippen molar-refractivity contribution in [2.45, 2.75) is 57.4 Å². The minimum absolute atomic E-state index is 0.235. The quantitative estimate of drug-likeness (QED) is 0.774. The molecule has 0 N–H and O–H groups in total. The highest BCUT2D eigenvalue weighted by molar-refractivity contribution is 5.44. The molecular weight excluding hydrogens is 296 g/mol. The van der Waals surface area contributed by atoms with Gasteiger partial charge in [0.05, 0.1) is 11.7 Å². The van der Waals surface area contributed by atoms with Crippen molar-refractivity contribution >= 4 is 0 Å². The number of aryl methyl sites for hydroxylation is 1. The van der Waals surface area contributed by atoms with Crippen molar-refractivity contribution in [2.24, 2.45) is 0 Å². The van der Waals surface area contributed by atoms with Crippen LogP contribution in [0.2, 0.25) is 0 Å². The first kappa shape index (κ1) is 17.0. The lowest BCUT2D eigenvalue weighted by molar-refractivity contribution is -0.116. The lowest BCUT2D eigenvalue weighted by Crippen LogP contribution is -2.54. The molecule has 1 saturated heterocycles. The molecule has 0 amide bonds. The van der Waals surface area contributed by atoms with Crippen molar-refractivity contribution in [2.75, 3.05) is 6.54 Å². The Morgan fingerprint density at radius 1 is 1.50 bits per heavy atom. The number of hydrogen-bond donors (Lipinski definition) is 0. The number of ether oxygens (including phenoxy) is 1.